The lowest BCUT2D eigenvalue weighted by molar-refractivity contribution is -0.125. The number of carbonyl (C=O) groups excluding carboxylic acids is 1. The first-order valence-corrected chi connectivity index (χ1v) is 12.7. The summed E-state index contributed by atoms with van der Waals surface area (Å²) in [5.74, 6) is 1.55. The van der Waals surface area contributed by atoms with Gasteiger partial charge < -0.3 is 14.8 Å². The maximum absolute atomic E-state index is 12.9. The van der Waals surface area contributed by atoms with Gasteiger partial charge in [0, 0.05) is 25.6 Å². The maximum atomic E-state index is 12.9. The lowest BCUT2D eigenvalue weighted by Gasteiger charge is -2.32. The minimum Gasteiger partial charge on any atom is -0.355 e. The highest BCUT2D eigenvalue weighted by Gasteiger charge is 2.28. The third-order valence-corrected chi connectivity index (χ3v) is 7.16. The van der Waals surface area contributed by atoms with Gasteiger partial charge in [0.1, 0.15) is 0 Å². The molecule has 1 saturated heterocycles. The number of aryl methyl sites for hydroxylation is 1. The first-order chi connectivity index (χ1) is 17.1. The van der Waals surface area contributed by atoms with Gasteiger partial charge in [-0.15, -0.1) is 0 Å². The smallest absolute Gasteiger partial charge is 0.223 e. The Morgan fingerprint density at radius 1 is 1.00 bits per heavy atom. The van der Waals surface area contributed by atoms with E-state index in [9.17, 15) is 4.79 Å². The van der Waals surface area contributed by atoms with E-state index >= 15 is 0 Å². The number of amides is 1. The minimum absolute atomic E-state index is 0.0591. The van der Waals surface area contributed by atoms with Crippen molar-refractivity contribution in [2.45, 2.75) is 39.2 Å². The minimum atomic E-state index is 0.0591. The largest absolute Gasteiger partial charge is 0.355 e. The zero-order valence-electron chi connectivity index (χ0n) is 20.7. The standard InChI is InChI=1S/C30H34N4O/c1-22-9-8-10-24(19-22)21-34-28-14-7-6-13-27(28)32-30(34)33-17-15-26(16-18-33)29(35)31-20-23(2)25-11-4-3-5-12-25/h3-14,19,23,26H,15-18,20-21H2,1-2H3,(H,31,35). The molecule has 180 valence electrons. The highest BCUT2D eigenvalue weighted by atomic mass is 16.1. The number of benzene rings is 3. The molecule has 1 N–H and O–H groups in total. The van der Waals surface area contributed by atoms with Crippen molar-refractivity contribution < 1.29 is 4.79 Å². The molecule has 5 heteroatoms. The second-order valence-corrected chi connectivity index (χ2v) is 9.79. The number of hydrogen-bond acceptors (Lipinski definition) is 3. The van der Waals surface area contributed by atoms with Crippen LogP contribution in [0.3, 0.4) is 0 Å². The lowest BCUT2D eigenvalue weighted by Crippen LogP contribution is -2.42. The van der Waals surface area contributed by atoms with Crippen LogP contribution in [-0.2, 0) is 11.3 Å². The van der Waals surface area contributed by atoms with E-state index < -0.39 is 0 Å². The molecule has 4 aromatic rings. The molecular formula is C30H34N4O. The van der Waals surface area contributed by atoms with Gasteiger partial charge in [0.25, 0.3) is 0 Å². The number of nitrogens with zero attached hydrogens (tertiary/aromatic N) is 3. The summed E-state index contributed by atoms with van der Waals surface area (Å²) in [6, 6.07) is 27.4. The fourth-order valence-electron chi connectivity index (χ4n) is 5.09. The molecule has 1 fully saturated rings. The molecule has 2 heterocycles. The number of rotatable bonds is 7. The number of fused-ring (bicyclic) bond motifs is 1. The van der Waals surface area contributed by atoms with E-state index in [1.165, 1.54) is 16.7 Å². The Hall–Kier alpha value is -3.60. The van der Waals surface area contributed by atoms with Gasteiger partial charge >= 0.3 is 0 Å². The van der Waals surface area contributed by atoms with Crippen LogP contribution in [0.2, 0.25) is 0 Å². The zero-order chi connectivity index (χ0) is 24.2. The number of anilines is 1. The molecule has 0 spiro atoms. The summed E-state index contributed by atoms with van der Waals surface area (Å²) >= 11 is 0. The highest BCUT2D eigenvalue weighted by molar-refractivity contribution is 5.80. The van der Waals surface area contributed by atoms with Gasteiger partial charge in [-0.3, -0.25) is 4.79 Å². The van der Waals surface area contributed by atoms with Crippen molar-refractivity contribution in [3.63, 3.8) is 0 Å². The number of piperidine rings is 1. The number of carbonyl (C=O) groups is 1. The van der Waals surface area contributed by atoms with E-state index in [0.29, 0.717) is 12.5 Å². The van der Waals surface area contributed by atoms with Crippen molar-refractivity contribution in [3.8, 4) is 0 Å². The highest BCUT2D eigenvalue weighted by Crippen LogP contribution is 2.28. The third kappa shape index (κ3) is 5.24. The summed E-state index contributed by atoms with van der Waals surface area (Å²) in [6.45, 7) is 7.43. The summed E-state index contributed by atoms with van der Waals surface area (Å²) in [4.78, 5) is 20.3. The van der Waals surface area contributed by atoms with Crippen molar-refractivity contribution >= 4 is 22.9 Å². The maximum Gasteiger partial charge on any atom is 0.223 e. The Labute approximate surface area is 207 Å². The monoisotopic (exact) mass is 466 g/mol. The summed E-state index contributed by atoms with van der Waals surface area (Å²) in [7, 11) is 0. The van der Waals surface area contributed by atoms with E-state index in [2.05, 4.69) is 95.4 Å². The van der Waals surface area contributed by atoms with Crippen molar-refractivity contribution in [2.24, 2.45) is 5.92 Å². The van der Waals surface area contributed by atoms with Crippen molar-refractivity contribution in [1.29, 1.82) is 0 Å². The molecule has 5 nitrogen and oxygen atoms in total. The van der Waals surface area contributed by atoms with Gasteiger partial charge in [0.05, 0.1) is 17.6 Å². The number of para-hydroxylation sites is 2. The summed E-state index contributed by atoms with van der Waals surface area (Å²) in [5, 5.41) is 3.20. The first-order valence-electron chi connectivity index (χ1n) is 12.7. The first kappa shape index (κ1) is 23.2. The van der Waals surface area contributed by atoms with Crippen molar-refractivity contribution in [3.05, 3.63) is 95.6 Å². The summed E-state index contributed by atoms with van der Waals surface area (Å²) < 4.78 is 2.33. The fourth-order valence-corrected chi connectivity index (χ4v) is 5.09. The van der Waals surface area contributed by atoms with E-state index in [0.717, 1.165) is 49.5 Å². The Kier molecular flexibility index (Phi) is 6.84. The molecule has 0 radical (unpaired) electrons. The van der Waals surface area contributed by atoms with Crippen LogP contribution in [-0.4, -0.2) is 35.1 Å². The van der Waals surface area contributed by atoms with Crippen LogP contribution >= 0.6 is 0 Å². The molecule has 0 aliphatic carbocycles. The molecule has 3 aromatic carbocycles. The van der Waals surface area contributed by atoms with Gasteiger partial charge in [-0.05, 0) is 48.9 Å². The average molecular weight is 467 g/mol. The molecular weight excluding hydrogens is 432 g/mol. The molecule has 1 unspecified atom stereocenters. The van der Waals surface area contributed by atoms with E-state index in [4.69, 9.17) is 4.98 Å². The van der Waals surface area contributed by atoms with Crippen LogP contribution in [0.4, 0.5) is 5.95 Å². The van der Waals surface area contributed by atoms with E-state index in [1.54, 1.807) is 0 Å². The summed E-state index contributed by atoms with van der Waals surface area (Å²) in [6.07, 6.45) is 1.69. The average Bonchev–Trinajstić information content (AvgIpc) is 3.26. The quantitative estimate of drug-likeness (QED) is 0.390. The van der Waals surface area contributed by atoms with Crippen LogP contribution in [0.1, 0.15) is 42.4 Å². The summed E-state index contributed by atoms with van der Waals surface area (Å²) in [5.41, 5.74) is 5.97. The normalized spacial score (nSPS) is 15.3. The molecule has 35 heavy (non-hydrogen) atoms. The van der Waals surface area contributed by atoms with Crippen LogP contribution in [0.15, 0.2) is 78.9 Å². The van der Waals surface area contributed by atoms with Gasteiger partial charge in [-0.25, -0.2) is 4.98 Å². The molecule has 1 aliphatic heterocycles. The lowest BCUT2D eigenvalue weighted by atomic mass is 9.95. The second kappa shape index (κ2) is 10.3. The molecule has 1 aromatic heterocycles. The van der Waals surface area contributed by atoms with Gasteiger partial charge in [0.15, 0.2) is 0 Å². The fraction of sp³-hybridized carbons (Fsp3) is 0.333. The number of aromatic nitrogens is 2. The Morgan fingerprint density at radius 3 is 2.51 bits per heavy atom. The molecule has 1 aliphatic rings. The zero-order valence-corrected chi connectivity index (χ0v) is 20.7. The molecule has 1 atom stereocenters. The van der Waals surface area contributed by atoms with E-state index in [1.807, 2.05) is 12.1 Å². The predicted octanol–water partition coefficient (Wildman–Crippen LogP) is 5.53. The predicted molar refractivity (Wildman–Crippen MR) is 143 cm³/mol. The third-order valence-electron chi connectivity index (χ3n) is 7.16. The van der Waals surface area contributed by atoms with Gasteiger partial charge in [-0.2, -0.15) is 0 Å². The topological polar surface area (TPSA) is 50.2 Å². The Morgan fingerprint density at radius 2 is 1.74 bits per heavy atom. The van der Waals surface area contributed by atoms with Crippen molar-refractivity contribution in [2.75, 3.05) is 24.5 Å². The van der Waals surface area contributed by atoms with E-state index in [-0.39, 0.29) is 11.8 Å². The van der Waals surface area contributed by atoms with Crippen LogP contribution < -0.4 is 10.2 Å². The van der Waals surface area contributed by atoms with Crippen LogP contribution in [0, 0.1) is 12.8 Å². The molecule has 0 bridgehead atoms. The number of hydrogen-bond donors (Lipinski definition) is 1. The molecule has 1 amide bonds. The Bertz CT molecular complexity index is 1290. The van der Waals surface area contributed by atoms with Crippen LogP contribution in [0.5, 0.6) is 0 Å². The molecule has 0 saturated carbocycles. The van der Waals surface area contributed by atoms with Gasteiger partial charge in [0.2, 0.25) is 11.9 Å². The Balaban J connectivity index is 1.25. The number of imidazole rings is 1. The van der Waals surface area contributed by atoms with Gasteiger partial charge in [-0.1, -0.05) is 79.2 Å². The van der Waals surface area contributed by atoms with Crippen molar-refractivity contribution in [1.82, 2.24) is 14.9 Å². The number of nitrogens with one attached hydrogen (secondary N) is 1. The van der Waals surface area contributed by atoms with Crippen LogP contribution in [0.25, 0.3) is 11.0 Å². The second-order valence-electron chi connectivity index (χ2n) is 9.79. The SMILES string of the molecule is Cc1cccc(Cn2c(N3CCC(C(=O)NCC(C)c4ccccc4)CC3)nc3ccccc32)c1. The molecule has 5 rings (SSSR count).